The van der Waals surface area contributed by atoms with Gasteiger partial charge in [-0.25, -0.2) is 8.42 Å². The Hall–Kier alpha value is -3.32. The number of sulfonamides is 1. The summed E-state index contributed by atoms with van der Waals surface area (Å²) in [6.45, 7) is 0.414. The molecule has 0 radical (unpaired) electrons. The molecule has 3 N–H and O–H groups in total. The highest BCUT2D eigenvalue weighted by molar-refractivity contribution is 7.92. The number of fused-ring (bicyclic) bond motifs is 1. The molecule has 0 saturated carbocycles. The number of hydrogen-bond donors (Lipinski definition) is 2. The van der Waals surface area contributed by atoms with Crippen molar-refractivity contribution in [1.29, 1.82) is 0 Å². The second kappa shape index (κ2) is 7.01. The van der Waals surface area contributed by atoms with E-state index in [4.69, 9.17) is 5.73 Å². The van der Waals surface area contributed by atoms with Gasteiger partial charge in [-0.1, -0.05) is 30.3 Å². The van der Waals surface area contributed by atoms with Crippen LogP contribution in [0.15, 0.2) is 77.7 Å². The van der Waals surface area contributed by atoms with E-state index in [0.717, 1.165) is 5.56 Å². The summed E-state index contributed by atoms with van der Waals surface area (Å²) in [7, 11) is -3.68. The second-order valence-corrected chi connectivity index (χ2v) is 8.38. The average Bonchev–Trinajstić information content (AvgIpc) is 3.15. The summed E-state index contributed by atoms with van der Waals surface area (Å²) in [5, 5.41) is 2.73. The van der Waals surface area contributed by atoms with Crippen LogP contribution >= 0.6 is 0 Å². The van der Waals surface area contributed by atoms with Crippen LogP contribution in [0.5, 0.6) is 0 Å². The predicted molar refractivity (Wildman–Crippen MR) is 110 cm³/mol. The van der Waals surface area contributed by atoms with Crippen LogP contribution in [-0.4, -0.2) is 20.9 Å². The second-order valence-electron chi connectivity index (χ2n) is 6.52. The first-order chi connectivity index (χ1) is 13.5. The van der Waals surface area contributed by atoms with E-state index in [1.54, 1.807) is 24.3 Å². The summed E-state index contributed by atoms with van der Waals surface area (Å²) in [5.41, 5.74) is 8.89. The van der Waals surface area contributed by atoms with Crippen LogP contribution in [0.4, 0.5) is 17.1 Å². The van der Waals surface area contributed by atoms with E-state index in [9.17, 15) is 13.2 Å². The summed E-state index contributed by atoms with van der Waals surface area (Å²) < 4.78 is 27.5. The lowest BCUT2D eigenvalue weighted by Crippen LogP contribution is -2.29. The van der Waals surface area contributed by atoms with Gasteiger partial charge in [0.2, 0.25) is 0 Å². The zero-order valence-electron chi connectivity index (χ0n) is 15.0. The van der Waals surface area contributed by atoms with E-state index in [-0.39, 0.29) is 10.8 Å². The summed E-state index contributed by atoms with van der Waals surface area (Å²) in [5.74, 6) is -0.353. The van der Waals surface area contributed by atoms with Gasteiger partial charge in [-0.05, 0) is 54.4 Å². The number of benzene rings is 3. The molecule has 3 aromatic rings. The maximum atomic E-state index is 13.0. The van der Waals surface area contributed by atoms with Crippen molar-refractivity contribution in [2.45, 2.75) is 11.3 Å². The topological polar surface area (TPSA) is 92.5 Å². The van der Waals surface area contributed by atoms with Crippen molar-refractivity contribution in [2.75, 3.05) is 21.9 Å². The molecule has 0 spiro atoms. The molecule has 3 aromatic carbocycles. The maximum absolute atomic E-state index is 13.0. The van der Waals surface area contributed by atoms with E-state index in [0.29, 0.717) is 35.6 Å². The first-order valence-corrected chi connectivity index (χ1v) is 10.3. The number of carbonyl (C=O) groups excluding carboxylic acids is 1. The monoisotopic (exact) mass is 393 g/mol. The summed E-state index contributed by atoms with van der Waals surface area (Å²) >= 11 is 0. The Morgan fingerprint density at radius 3 is 2.36 bits per heavy atom. The number of rotatable bonds is 4. The molecule has 1 amide bonds. The fourth-order valence-electron chi connectivity index (χ4n) is 3.27. The number of nitrogens with zero attached hydrogens (tertiary/aromatic N) is 1. The van der Waals surface area contributed by atoms with Crippen molar-refractivity contribution >= 4 is 33.0 Å². The molecule has 0 saturated heterocycles. The van der Waals surface area contributed by atoms with E-state index < -0.39 is 10.0 Å². The Bertz CT molecular complexity index is 1140. The largest absolute Gasteiger partial charge is 0.397 e. The van der Waals surface area contributed by atoms with Crippen molar-refractivity contribution < 1.29 is 13.2 Å². The van der Waals surface area contributed by atoms with Crippen LogP contribution in [0.3, 0.4) is 0 Å². The zero-order valence-corrected chi connectivity index (χ0v) is 15.8. The predicted octanol–water partition coefficient (Wildman–Crippen LogP) is 3.27. The molecule has 0 atom stereocenters. The molecular weight excluding hydrogens is 374 g/mol. The van der Waals surface area contributed by atoms with Gasteiger partial charge in [-0.15, -0.1) is 0 Å². The number of hydrogen-bond acceptors (Lipinski definition) is 4. The van der Waals surface area contributed by atoms with Crippen molar-refractivity contribution in [3.05, 3.63) is 83.9 Å². The summed E-state index contributed by atoms with van der Waals surface area (Å²) in [6, 6.07) is 20.4. The molecule has 142 valence electrons. The molecule has 0 aromatic heterocycles. The van der Waals surface area contributed by atoms with Crippen molar-refractivity contribution in [2.24, 2.45) is 0 Å². The highest BCUT2D eigenvalue weighted by Gasteiger charge is 2.30. The Balaban J connectivity index is 1.56. The number of nitrogens with one attached hydrogen (secondary N) is 1. The number of carbonyl (C=O) groups is 1. The average molecular weight is 393 g/mol. The van der Waals surface area contributed by atoms with Crippen molar-refractivity contribution in [1.82, 2.24) is 0 Å². The lowest BCUT2D eigenvalue weighted by Gasteiger charge is -2.19. The van der Waals surface area contributed by atoms with Crippen LogP contribution in [-0.2, 0) is 16.4 Å². The lowest BCUT2D eigenvalue weighted by molar-refractivity contribution is 0.102. The molecule has 1 aliphatic heterocycles. The minimum Gasteiger partial charge on any atom is -0.397 e. The lowest BCUT2D eigenvalue weighted by atomic mass is 10.2. The number of amides is 1. The van der Waals surface area contributed by atoms with Crippen LogP contribution in [0.1, 0.15) is 15.9 Å². The van der Waals surface area contributed by atoms with Gasteiger partial charge in [-0.2, -0.15) is 0 Å². The van der Waals surface area contributed by atoms with Gasteiger partial charge >= 0.3 is 0 Å². The first-order valence-electron chi connectivity index (χ1n) is 8.83. The fourth-order valence-corrected chi connectivity index (χ4v) is 4.77. The van der Waals surface area contributed by atoms with Crippen LogP contribution < -0.4 is 15.4 Å². The van der Waals surface area contributed by atoms with Gasteiger partial charge in [0.05, 0.1) is 22.0 Å². The normalized spacial score (nSPS) is 13.2. The summed E-state index contributed by atoms with van der Waals surface area (Å²) in [6.07, 6.45) is 0.689. The molecule has 6 nitrogen and oxygen atoms in total. The highest BCUT2D eigenvalue weighted by atomic mass is 32.2. The van der Waals surface area contributed by atoms with E-state index in [1.807, 2.05) is 24.3 Å². The molecule has 4 rings (SSSR count). The Morgan fingerprint density at radius 2 is 1.61 bits per heavy atom. The molecule has 7 heteroatoms. The Kier molecular flexibility index (Phi) is 4.52. The molecule has 1 heterocycles. The van der Waals surface area contributed by atoms with Crippen LogP contribution in [0, 0.1) is 0 Å². The fraction of sp³-hybridized carbons (Fsp3) is 0.0952. The van der Waals surface area contributed by atoms with Gasteiger partial charge < -0.3 is 11.1 Å². The molecule has 28 heavy (non-hydrogen) atoms. The minimum absolute atomic E-state index is 0.153. The number of para-hydroxylation sites is 3. The quantitative estimate of drug-likeness (QED) is 0.666. The number of anilines is 3. The first kappa shape index (κ1) is 18.1. The Morgan fingerprint density at radius 1 is 0.929 bits per heavy atom. The van der Waals surface area contributed by atoms with E-state index in [2.05, 4.69) is 5.32 Å². The van der Waals surface area contributed by atoms with Crippen molar-refractivity contribution in [3.8, 4) is 0 Å². The highest BCUT2D eigenvalue weighted by Crippen LogP contribution is 2.32. The molecule has 0 bridgehead atoms. The molecule has 0 unspecified atom stereocenters. The zero-order chi connectivity index (χ0) is 19.7. The number of nitrogen functional groups attached to an aromatic ring is 1. The Labute approximate surface area is 163 Å². The smallest absolute Gasteiger partial charge is 0.264 e. The SMILES string of the molecule is Nc1ccccc1NC(=O)c1ccc(S(=O)(=O)N2CCc3ccccc32)cc1. The molecule has 0 fully saturated rings. The third-order valence-corrected chi connectivity index (χ3v) is 6.59. The van der Waals surface area contributed by atoms with Crippen molar-refractivity contribution in [3.63, 3.8) is 0 Å². The van der Waals surface area contributed by atoms with Gasteiger partial charge in [0.1, 0.15) is 0 Å². The van der Waals surface area contributed by atoms with Crippen LogP contribution in [0.25, 0.3) is 0 Å². The van der Waals surface area contributed by atoms with E-state index in [1.165, 1.54) is 28.6 Å². The minimum atomic E-state index is -3.68. The van der Waals surface area contributed by atoms with E-state index >= 15 is 0 Å². The number of nitrogens with two attached hydrogens (primary N) is 1. The van der Waals surface area contributed by atoms with Crippen LogP contribution in [0.2, 0.25) is 0 Å². The third-order valence-electron chi connectivity index (χ3n) is 4.76. The molecule has 1 aliphatic rings. The standard InChI is InChI=1S/C21H19N3O3S/c22-18-6-2-3-7-19(18)23-21(25)16-9-11-17(12-10-16)28(26,27)24-14-13-15-5-1-4-8-20(15)24/h1-12H,13-14,22H2,(H,23,25). The summed E-state index contributed by atoms with van der Waals surface area (Å²) in [4.78, 5) is 12.6. The maximum Gasteiger partial charge on any atom is 0.264 e. The van der Waals surface area contributed by atoms with Gasteiger partial charge in [-0.3, -0.25) is 9.10 Å². The van der Waals surface area contributed by atoms with Gasteiger partial charge in [0, 0.05) is 12.1 Å². The third kappa shape index (κ3) is 3.20. The van der Waals surface area contributed by atoms with Gasteiger partial charge in [0.25, 0.3) is 15.9 Å². The van der Waals surface area contributed by atoms with Gasteiger partial charge in [0.15, 0.2) is 0 Å². The molecular formula is C21H19N3O3S. The molecule has 0 aliphatic carbocycles.